The zero-order chi connectivity index (χ0) is 8.02. The van der Waals surface area contributed by atoms with Crippen LogP contribution in [-0.4, -0.2) is 6.54 Å². The maximum absolute atomic E-state index is 3.48. The number of fused-ring (bicyclic) bond motifs is 2. The molecule has 12 heavy (non-hydrogen) atoms. The second-order valence-electron chi connectivity index (χ2n) is 3.97. The van der Waals surface area contributed by atoms with E-state index >= 15 is 0 Å². The lowest BCUT2D eigenvalue weighted by Crippen LogP contribution is -2.33. The Hall–Kier alpha value is -0.820. The van der Waals surface area contributed by atoms with Gasteiger partial charge in [0.2, 0.25) is 0 Å². The summed E-state index contributed by atoms with van der Waals surface area (Å²) in [6.07, 6.45) is 2.73. The Balaban J connectivity index is 2.16. The average molecular weight is 158 g/mol. The lowest BCUT2D eigenvalue weighted by Gasteiger charge is -2.25. The van der Waals surface area contributed by atoms with Crippen molar-refractivity contribution in [3.8, 4) is 0 Å². The summed E-state index contributed by atoms with van der Waals surface area (Å²) in [5, 5.41) is 3.48. The molecule has 0 unspecified atom stereocenters. The Morgan fingerprint density at radius 2 is 2.33 bits per heavy atom. The number of rotatable bonds is 0. The van der Waals surface area contributed by atoms with Crippen molar-refractivity contribution in [2.75, 3.05) is 6.54 Å². The molecule has 3 rings (SSSR count). The standard InChI is InChI=1S/C11H12N/c1-2-4-10-9(3-1)7-12-8-11(10)5-6-11/h1,3-4,12H,5-8H2. The van der Waals surface area contributed by atoms with Gasteiger partial charge in [0.1, 0.15) is 0 Å². The monoisotopic (exact) mass is 158 g/mol. The van der Waals surface area contributed by atoms with Crippen molar-refractivity contribution >= 4 is 0 Å². The molecule has 0 bridgehead atoms. The number of hydrogen-bond donors (Lipinski definition) is 1. The zero-order valence-corrected chi connectivity index (χ0v) is 7.06. The SMILES string of the molecule is [c]1ccc2c(c1)C1(CC1)CNC2. The molecule has 0 amide bonds. The molecule has 1 heterocycles. The fourth-order valence-electron chi connectivity index (χ4n) is 2.24. The second-order valence-corrected chi connectivity index (χ2v) is 3.97. The fraction of sp³-hybridized carbons (Fsp3) is 0.455. The maximum Gasteiger partial charge on any atom is 0.0208 e. The van der Waals surface area contributed by atoms with Crippen molar-refractivity contribution in [3.63, 3.8) is 0 Å². The summed E-state index contributed by atoms with van der Waals surface area (Å²) in [4.78, 5) is 0. The topological polar surface area (TPSA) is 12.0 Å². The van der Waals surface area contributed by atoms with Crippen LogP contribution >= 0.6 is 0 Å². The van der Waals surface area contributed by atoms with E-state index in [1.165, 1.54) is 24.9 Å². The van der Waals surface area contributed by atoms with Crippen LogP contribution in [0.15, 0.2) is 18.2 Å². The van der Waals surface area contributed by atoms with Gasteiger partial charge in [0.25, 0.3) is 0 Å². The quantitative estimate of drug-likeness (QED) is 0.605. The van der Waals surface area contributed by atoms with Gasteiger partial charge >= 0.3 is 0 Å². The van der Waals surface area contributed by atoms with Gasteiger partial charge in [-0.1, -0.05) is 18.2 Å². The van der Waals surface area contributed by atoms with Crippen LogP contribution in [0.5, 0.6) is 0 Å². The Labute approximate surface area is 72.8 Å². The summed E-state index contributed by atoms with van der Waals surface area (Å²) in [6.45, 7) is 2.23. The van der Waals surface area contributed by atoms with Crippen LogP contribution in [-0.2, 0) is 12.0 Å². The van der Waals surface area contributed by atoms with E-state index in [0.29, 0.717) is 5.41 Å². The molecular formula is C11H12N. The molecule has 61 valence electrons. The number of nitrogens with one attached hydrogen (secondary N) is 1. The highest BCUT2D eigenvalue weighted by molar-refractivity contribution is 5.40. The summed E-state index contributed by atoms with van der Waals surface area (Å²) in [5.74, 6) is 0. The third-order valence-corrected chi connectivity index (χ3v) is 3.16. The van der Waals surface area contributed by atoms with E-state index in [2.05, 4.69) is 23.5 Å². The largest absolute Gasteiger partial charge is 0.312 e. The average Bonchev–Trinajstić information content (AvgIpc) is 2.87. The third kappa shape index (κ3) is 0.774. The van der Waals surface area contributed by atoms with Crippen molar-refractivity contribution in [1.82, 2.24) is 5.32 Å². The predicted octanol–water partition coefficient (Wildman–Crippen LogP) is 1.62. The molecule has 0 aromatic heterocycles. The summed E-state index contributed by atoms with van der Waals surface area (Å²) in [5.41, 5.74) is 3.56. The van der Waals surface area contributed by atoms with E-state index in [-0.39, 0.29) is 0 Å². The molecule has 1 aliphatic heterocycles. The molecule has 1 N–H and O–H groups in total. The Bertz CT molecular complexity index is 313. The fourth-order valence-corrected chi connectivity index (χ4v) is 2.24. The van der Waals surface area contributed by atoms with Crippen LogP contribution in [0.25, 0.3) is 0 Å². The maximum atomic E-state index is 3.48. The van der Waals surface area contributed by atoms with Crippen LogP contribution in [0.2, 0.25) is 0 Å². The lowest BCUT2D eigenvalue weighted by atomic mass is 9.88. The van der Waals surface area contributed by atoms with Crippen LogP contribution in [0.4, 0.5) is 0 Å². The molecule has 1 radical (unpaired) electrons. The van der Waals surface area contributed by atoms with Crippen molar-refractivity contribution in [3.05, 3.63) is 35.4 Å². The first-order valence-electron chi connectivity index (χ1n) is 4.61. The van der Waals surface area contributed by atoms with Gasteiger partial charge < -0.3 is 5.32 Å². The van der Waals surface area contributed by atoms with E-state index in [0.717, 1.165) is 6.54 Å². The minimum atomic E-state index is 0.519. The molecule has 1 aliphatic carbocycles. The molecule has 1 fully saturated rings. The second kappa shape index (κ2) is 2.11. The Morgan fingerprint density at radius 1 is 1.42 bits per heavy atom. The van der Waals surface area contributed by atoms with E-state index < -0.39 is 0 Å². The molecule has 1 heteroatoms. The van der Waals surface area contributed by atoms with Crippen molar-refractivity contribution in [1.29, 1.82) is 0 Å². The predicted molar refractivity (Wildman–Crippen MR) is 47.9 cm³/mol. The summed E-state index contributed by atoms with van der Waals surface area (Å²) in [7, 11) is 0. The minimum absolute atomic E-state index is 0.519. The van der Waals surface area contributed by atoms with E-state index in [4.69, 9.17) is 0 Å². The summed E-state index contributed by atoms with van der Waals surface area (Å²) in [6, 6.07) is 9.58. The lowest BCUT2D eigenvalue weighted by molar-refractivity contribution is 0.531. The van der Waals surface area contributed by atoms with Gasteiger partial charge in [-0.3, -0.25) is 0 Å². The Kier molecular flexibility index (Phi) is 1.17. The molecular weight excluding hydrogens is 146 g/mol. The van der Waals surface area contributed by atoms with Crippen molar-refractivity contribution in [2.45, 2.75) is 24.8 Å². The van der Waals surface area contributed by atoms with Crippen LogP contribution in [0.1, 0.15) is 24.0 Å². The molecule has 1 spiro atoms. The van der Waals surface area contributed by atoms with E-state index in [9.17, 15) is 0 Å². The van der Waals surface area contributed by atoms with Crippen molar-refractivity contribution in [2.24, 2.45) is 0 Å². The smallest absolute Gasteiger partial charge is 0.0208 e. The van der Waals surface area contributed by atoms with E-state index in [1.54, 1.807) is 5.56 Å². The van der Waals surface area contributed by atoms with Crippen LogP contribution in [0, 0.1) is 6.07 Å². The summed E-state index contributed by atoms with van der Waals surface area (Å²) < 4.78 is 0. The van der Waals surface area contributed by atoms with Gasteiger partial charge in [-0.15, -0.1) is 0 Å². The number of benzene rings is 1. The van der Waals surface area contributed by atoms with Crippen LogP contribution < -0.4 is 5.32 Å². The first kappa shape index (κ1) is 6.67. The first-order valence-corrected chi connectivity index (χ1v) is 4.61. The number of hydrogen-bond acceptors (Lipinski definition) is 1. The first-order chi connectivity index (χ1) is 5.91. The van der Waals surface area contributed by atoms with Gasteiger partial charge in [-0.05, 0) is 30.0 Å². The third-order valence-electron chi connectivity index (χ3n) is 3.16. The summed E-state index contributed by atoms with van der Waals surface area (Å²) >= 11 is 0. The molecule has 0 saturated heterocycles. The molecule has 0 atom stereocenters. The normalized spacial score (nSPS) is 23.7. The van der Waals surface area contributed by atoms with Gasteiger partial charge in [0.05, 0.1) is 0 Å². The van der Waals surface area contributed by atoms with Gasteiger partial charge in [-0.25, -0.2) is 0 Å². The highest BCUT2D eigenvalue weighted by Gasteiger charge is 2.46. The van der Waals surface area contributed by atoms with Gasteiger partial charge in [-0.2, -0.15) is 0 Å². The van der Waals surface area contributed by atoms with E-state index in [1.807, 2.05) is 6.07 Å². The highest BCUT2D eigenvalue weighted by Crippen LogP contribution is 2.50. The van der Waals surface area contributed by atoms with Crippen LogP contribution in [0.3, 0.4) is 0 Å². The molecule has 1 saturated carbocycles. The molecule has 2 aliphatic rings. The molecule has 1 nitrogen and oxygen atoms in total. The molecule has 1 aromatic carbocycles. The van der Waals surface area contributed by atoms with Crippen molar-refractivity contribution < 1.29 is 0 Å². The Morgan fingerprint density at radius 3 is 3.17 bits per heavy atom. The minimum Gasteiger partial charge on any atom is -0.312 e. The zero-order valence-electron chi connectivity index (χ0n) is 7.06. The highest BCUT2D eigenvalue weighted by atomic mass is 14.9. The van der Waals surface area contributed by atoms with Gasteiger partial charge in [0, 0.05) is 18.5 Å². The van der Waals surface area contributed by atoms with Gasteiger partial charge in [0.15, 0.2) is 0 Å². The molecule has 1 aromatic rings.